The van der Waals surface area contributed by atoms with E-state index < -0.39 is 0 Å². The van der Waals surface area contributed by atoms with Gasteiger partial charge in [-0.2, -0.15) is 4.98 Å². The van der Waals surface area contributed by atoms with Gasteiger partial charge in [-0.25, -0.2) is 0 Å². The van der Waals surface area contributed by atoms with Crippen LogP contribution in [0.15, 0.2) is 40.2 Å². The molecule has 3 aromatic rings. The van der Waals surface area contributed by atoms with E-state index in [-0.39, 0.29) is 12.5 Å². The van der Waals surface area contributed by atoms with Gasteiger partial charge in [0.1, 0.15) is 13.2 Å². The smallest absolute Gasteiger partial charge is 0.246 e. The first-order valence-corrected chi connectivity index (χ1v) is 9.67. The van der Waals surface area contributed by atoms with Crippen LogP contribution >= 0.6 is 11.3 Å². The van der Waals surface area contributed by atoms with Crippen LogP contribution in [0.4, 0.5) is 0 Å². The van der Waals surface area contributed by atoms with E-state index >= 15 is 0 Å². The van der Waals surface area contributed by atoms with Gasteiger partial charge in [0.25, 0.3) is 0 Å². The predicted octanol–water partition coefficient (Wildman–Crippen LogP) is 3.21. The number of benzene rings is 1. The zero-order valence-electron chi connectivity index (χ0n) is 14.6. The highest BCUT2D eigenvalue weighted by atomic mass is 32.1. The Labute approximate surface area is 160 Å². The van der Waals surface area contributed by atoms with E-state index in [4.69, 9.17) is 14.0 Å². The summed E-state index contributed by atoms with van der Waals surface area (Å²) in [6.07, 6.45) is 1.98. The monoisotopic (exact) mass is 385 g/mol. The van der Waals surface area contributed by atoms with Crippen LogP contribution < -0.4 is 14.8 Å². The molecular weight excluding hydrogens is 366 g/mol. The normalized spacial score (nSPS) is 12.7. The lowest BCUT2D eigenvalue weighted by Crippen LogP contribution is -2.22. The SMILES string of the molecule is O=C(CCCc1ccc2c(c1)OCCO2)NCc1nc(-c2cccs2)no1. The second kappa shape index (κ2) is 8.22. The lowest BCUT2D eigenvalue weighted by atomic mass is 10.1. The number of thiophene rings is 1. The van der Waals surface area contributed by atoms with Crippen molar-refractivity contribution in [1.82, 2.24) is 15.5 Å². The number of aromatic nitrogens is 2. The fourth-order valence-corrected chi connectivity index (χ4v) is 3.44. The summed E-state index contributed by atoms with van der Waals surface area (Å²) in [6, 6.07) is 9.77. The van der Waals surface area contributed by atoms with Crippen LogP contribution in [0.1, 0.15) is 24.3 Å². The second-order valence-electron chi connectivity index (χ2n) is 6.10. The van der Waals surface area contributed by atoms with Crippen molar-refractivity contribution in [3.05, 3.63) is 47.2 Å². The number of hydrogen-bond donors (Lipinski definition) is 1. The Morgan fingerprint density at radius 3 is 2.93 bits per heavy atom. The molecule has 1 aliphatic heterocycles. The van der Waals surface area contributed by atoms with Gasteiger partial charge in [-0.3, -0.25) is 4.79 Å². The maximum atomic E-state index is 12.0. The van der Waals surface area contributed by atoms with Gasteiger partial charge in [0, 0.05) is 6.42 Å². The maximum Gasteiger partial charge on any atom is 0.246 e. The molecule has 0 aliphatic carbocycles. The second-order valence-corrected chi connectivity index (χ2v) is 7.05. The summed E-state index contributed by atoms with van der Waals surface area (Å²) in [7, 11) is 0. The van der Waals surface area contributed by atoms with Crippen LogP contribution in [-0.4, -0.2) is 29.3 Å². The number of hydrogen-bond acceptors (Lipinski definition) is 7. The van der Waals surface area contributed by atoms with E-state index in [0.29, 0.717) is 31.3 Å². The van der Waals surface area contributed by atoms with Gasteiger partial charge in [-0.1, -0.05) is 17.3 Å². The van der Waals surface area contributed by atoms with E-state index in [9.17, 15) is 4.79 Å². The highest BCUT2D eigenvalue weighted by Crippen LogP contribution is 2.31. The minimum atomic E-state index is -0.0385. The summed E-state index contributed by atoms with van der Waals surface area (Å²) >= 11 is 1.54. The lowest BCUT2D eigenvalue weighted by Gasteiger charge is -2.18. The fraction of sp³-hybridized carbons (Fsp3) is 0.316. The largest absolute Gasteiger partial charge is 0.486 e. The topological polar surface area (TPSA) is 86.5 Å². The molecule has 3 heterocycles. The molecule has 0 spiro atoms. The van der Waals surface area contributed by atoms with Gasteiger partial charge in [0.15, 0.2) is 11.5 Å². The Bertz CT molecular complexity index is 908. The molecule has 0 bridgehead atoms. The molecule has 27 heavy (non-hydrogen) atoms. The number of carbonyl (C=O) groups excluding carboxylic acids is 1. The van der Waals surface area contributed by atoms with Gasteiger partial charge in [-0.05, 0) is 42.0 Å². The van der Waals surface area contributed by atoms with Crippen molar-refractivity contribution in [2.24, 2.45) is 0 Å². The Kier molecular flexibility index (Phi) is 5.34. The van der Waals surface area contributed by atoms with Crippen molar-refractivity contribution in [2.75, 3.05) is 13.2 Å². The Morgan fingerprint density at radius 2 is 2.07 bits per heavy atom. The molecular formula is C19H19N3O4S. The van der Waals surface area contributed by atoms with Crippen LogP contribution in [0.3, 0.4) is 0 Å². The molecule has 7 nitrogen and oxygen atoms in total. The molecule has 0 atom stereocenters. The third kappa shape index (κ3) is 4.46. The number of ether oxygens (including phenoxy) is 2. The maximum absolute atomic E-state index is 12.0. The van der Waals surface area contributed by atoms with Crippen molar-refractivity contribution in [3.8, 4) is 22.2 Å². The van der Waals surface area contributed by atoms with E-state index in [1.54, 1.807) is 11.3 Å². The van der Waals surface area contributed by atoms with Crippen molar-refractivity contribution in [1.29, 1.82) is 0 Å². The average molecular weight is 385 g/mol. The van der Waals surface area contributed by atoms with Gasteiger partial charge in [0.2, 0.25) is 17.6 Å². The van der Waals surface area contributed by atoms with Crippen molar-refractivity contribution >= 4 is 17.2 Å². The molecule has 0 unspecified atom stereocenters. The number of amides is 1. The Balaban J connectivity index is 1.21. The molecule has 140 valence electrons. The molecule has 2 aromatic heterocycles. The van der Waals surface area contributed by atoms with Crippen molar-refractivity contribution < 1.29 is 18.8 Å². The third-order valence-electron chi connectivity index (χ3n) is 4.12. The third-order valence-corrected chi connectivity index (χ3v) is 4.99. The molecule has 1 aromatic carbocycles. The van der Waals surface area contributed by atoms with Crippen molar-refractivity contribution in [2.45, 2.75) is 25.8 Å². The Morgan fingerprint density at radius 1 is 1.19 bits per heavy atom. The molecule has 8 heteroatoms. The van der Waals surface area contributed by atoms with E-state index in [1.807, 2.05) is 35.7 Å². The standard InChI is InChI=1S/C19H19N3O4S/c23-17(20-12-18-21-19(22-26-18)16-4-2-10-27-16)5-1-3-13-6-7-14-15(11-13)25-9-8-24-14/h2,4,6-7,10-11H,1,3,5,8-9,12H2,(H,20,23). The first-order valence-electron chi connectivity index (χ1n) is 8.79. The highest BCUT2D eigenvalue weighted by Gasteiger charge is 2.13. The minimum absolute atomic E-state index is 0.0385. The lowest BCUT2D eigenvalue weighted by molar-refractivity contribution is -0.121. The summed E-state index contributed by atoms with van der Waals surface area (Å²) in [4.78, 5) is 17.3. The van der Waals surface area contributed by atoms with Crippen LogP contribution in [0.5, 0.6) is 11.5 Å². The molecule has 4 rings (SSSR count). The Hall–Kier alpha value is -2.87. The van der Waals surface area contributed by atoms with Crippen LogP contribution in [0, 0.1) is 0 Å². The number of fused-ring (bicyclic) bond motifs is 1. The number of rotatable bonds is 7. The first kappa shape index (κ1) is 17.5. The molecule has 1 aliphatic rings. The number of carbonyl (C=O) groups is 1. The molecule has 1 amide bonds. The van der Waals surface area contributed by atoms with Gasteiger partial charge in [-0.15, -0.1) is 11.3 Å². The number of aryl methyl sites for hydroxylation is 1. The minimum Gasteiger partial charge on any atom is -0.486 e. The van der Waals surface area contributed by atoms with Crippen LogP contribution in [0.25, 0.3) is 10.7 Å². The van der Waals surface area contributed by atoms with E-state index in [1.165, 1.54) is 0 Å². The molecule has 1 N–H and O–H groups in total. The van der Waals surface area contributed by atoms with Gasteiger partial charge < -0.3 is 19.3 Å². The van der Waals surface area contributed by atoms with Crippen LogP contribution in [-0.2, 0) is 17.8 Å². The van der Waals surface area contributed by atoms with Crippen molar-refractivity contribution in [3.63, 3.8) is 0 Å². The summed E-state index contributed by atoms with van der Waals surface area (Å²) in [6.45, 7) is 1.39. The summed E-state index contributed by atoms with van der Waals surface area (Å²) in [5.74, 6) is 2.47. The highest BCUT2D eigenvalue weighted by molar-refractivity contribution is 7.13. The zero-order valence-corrected chi connectivity index (χ0v) is 15.5. The summed E-state index contributed by atoms with van der Waals surface area (Å²) in [5.41, 5.74) is 1.13. The number of nitrogens with one attached hydrogen (secondary N) is 1. The predicted molar refractivity (Wildman–Crippen MR) is 99.8 cm³/mol. The molecule has 0 saturated carbocycles. The summed E-state index contributed by atoms with van der Waals surface area (Å²) < 4.78 is 16.3. The molecule has 0 saturated heterocycles. The van der Waals surface area contributed by atoms with Gasteiger partial charge >= 0.3 is 0 Å². The van der Waals surface area contributed by atoms with E-state index in [2.05, 4.69) is 15.5 Å². The quantitative estimate of drug-likeness (QED) is 0.672. The summed E-state index contributed by atoms with van der Waals surface area (Å²) in [5, 5.41) is 8.70. The molecule has 0 radical (unpaired) electrons. The zero-order chi connectivity index (χ0) is 18.5. The number of nitrogens with zero attached hydrogens (tertiary/aromatic N) is 2. The fourth-order valence-electron chi connectivity index (χ4n) is 2.79. The van der Waals surface area contributed by atoms with E-state index in [0.717, 1.165) is 34.8 Å². The first-order chi connectivity index (χ1) is 13.3. The van der Waals surface area contributed by atoms with Gasteiger partial charge in [0.05, 0.1) is 11.4 Å². The molecule has 0 fully saturated rings. The average Bonchev–Trinajstić information content (AvgIpc) is 3.38. The van der Waals surface area contributed by atoms with Crippen LogP contribution in [0.2, 0.25) is 0 Å².